The van der Waals surface area contributed by atoms with Gasteiger partial charge in [-0.1, -0.05) is 11.6 Å². The van der Waals surface area contributed by atoms with E-state index in [4.69, 9.17) is 16.3 Å². The van der Waals surface area contributed by atoms with Gasteiger partial charge in [-0.2, -0.15) is 5.10 Å². The fourth-order valence-corrected chi connectivity index (χ4v) is 3.05. The Bertz CT molecular complexity index is 1170. The third-order valence-electron chi connectivity index (χ3n) is 4.63. The molecule has 0 atom stereocenters. The zero-order chi connectivity index (χ0) is 20.0. The highest BCUT2D eigenvalue weighted by Crippen LogP contribution is 2.22. The van der Waals surface area contributed by atoms with Crippen LogP contribution in [0.5, 0.6) is 0 Å². The number of halogens is 2. The maximum Gasteiger partial charge on any atom is 0.276 e. The smallest absolute Gasteiger partial charge is 0.276 e. The number of aromatic nitrogens is 3. The van der Waals surface area contributed by atoms with E-state index in [2.05, 4.69) is 15.4 Å². The van der Waals surface area contributed by atoms with Gasteiger partial charge in [0.2, 0.25) is 5.43 Å². The Morgan fingerprint density at radius 1 is 1.32 bits per heavy atom. The topological polar surface area (TPSA) is 86.1 Å². The Morgan fingerprint density at radius 2 is 2.07 bits per heavy atom. The fraction of sp³-hybridized carbons (Fsp3) is 0.263. The summed E-state index contributed by atoms with van der Waals surface area (Å²) in [5.74, 6) is -1.29. The lowest BCUT2D eigenvalue weighted by molar-refractivity contribution is -0.00359. The summed E-state index contributed by atoms with van der Waals surface area (Å²) in [6, 6.07) is 5.60. The molecule has 0 radical (unpaired) electrons. The van der Waals surface area contributed by atoms with Crippen LogP contribution in [0.2, 0.25) is 5.02 Å². The van der Waals surface area contributed by atoms with Crippen LogP contribution >= 0.6 is 11.6 Å². The van der Waals surface area contributed by atoms with Gasteiger partial charge in [0, 0.05) is 10.7 Å². The first-order chi connectivity index (χ1) is 13.3. The van der Waals surface area contributed by atoms with E-state index in [0.29, 0.717) is 24.4 Å². The predicted molar refractivity (Wildman–Crippen MR) is 102 cm³/mol. The molecule has 1 saturated heterocycles. The number of fused-ring (bicyclic) bond motifs is 1. The molecule has 3 aromatic rings. The standard InChI is InChI=1S/C19H16ClFN4O3/c1-9-5-15-16(22-10(9)2)18(26)17(19(27)23-12-7-28-8-12)24-25(15)14-4-3-11(20)6-13(14)21/h3-6,12H,7-8H2,1-2H3,(H,23,27). The van der Waals surface area contributed by atoms with Crippen molar-refractivity contribution in [1.29, 1.82) is 0 Å². The number of ether oxygens (including phenoxy) is 1. The van der Waals surface area contributed by atoms with Crippen LogP contribution in [-0.2, 0) is 4.74 Å². The molecular formula is C19H16ClFN4O3. The van der Waals surface area contributed by atoms with E-state index in [-0.39, 0.29) is 28.0 Å². The number of carbonyl (C=O) groups excluding carboxylic acids is 1. The highest BCUT2D eigenvalue weighted by Gasteiger charge is 2.26. The Labute approximate surface area is 164 Å². The molecular weight excluding hydrogens is 387 g/mol. The summed E-state index contributed by atoms with van der Waals surface area (Å²) in [5.41, 5.74) is 0.880. The second-order valence-corrected chi connectivity index (χ2v) is 7.09. The molecule has 1 aromatic carbocycles. The molecule has 0 saturated carbocycles. The number of rotatable bonds is 3. The maximum atomic E-state index is 14.6. The zero-order valence-corrected chi connectivity index (χ0v) is 15.9. The van der Waals surface area contributed by atoms with Crippen molar-refractivity contribution in [2.45, 2.75) is 19.9 Å². The lowest BCUT2D eigenvalue weighted by atomic mass is 10.1. The van der Waals surface area contributed by atoms with E-state index in [9.17, 15) is 14.0 Å². The molecule has 0 spiro atoms. The fourth-order valence-electron chi connectivity index (χ4n) is 2.89. The number of hydrogen-bond donors (Lipinski definition) is 1. The highest BCUT2D eigenvalue weighted by molar-refractivity contribution is 6.30. The van der Waals surface area contributed by atoms with Gasteiger partial charge in [0.05, 0.1) is 24.8 Å². The van der Waals surface area contributed by atoms with Crippen LogP contribution in [0.15, 0.2) is 29.1 Å². The SMILES string of the molecule is Cc1cc2c(nc1C)c(=O)c(C(=O)NC1COC1)nn2-c1ccc(Cl)cc1F. The quantitative estimate of drug-likeness (QED) is 0.726. The lowest BCUT2D eigenvalue weighted by Gasteiger charge is -2.26. The van der Waals surface area contributed by atoms with Crippen LogP contribution in [0.3, 0.4) is 0 Å². The van der Waals surface area contributed by atoms with Crippen molar-refractivity contribution >= 4 is 28.5 Å². The summed E-state index contributed by atoms with van der Waals surface area (Å²) in [6.45, 7) is 4.32. The summed E-state index contributed by atoms with van der Waals surface area (Å²) < 4.78 is 20.8. The maximum absolute atomic E-state index is 14.6. The average molecular weight is 403 g/mol. The van der Waals surface area contributed by atoms with Gasteiger partial charge in [-0.25, -0.2) is 14.1 Å². The number of nitrogens with zero attached hydrogens (tertiary/aromatic N) is 3. The molecule has 0 bridgehead atoms. The Kier molecular flexibility index (Phi) is 4.60. The van der Waals surface area contributed by atoms with E-state index in [0.717, 1.165) is 11.6 Å². The molecule has 7 nitrogen and oxygen atoms in total. The molecule has 0 aliphatic carbocycles. The molecule has 1 amide bonds. The molecule has 1 aliphatic rings. The van der Waals surface area contributed by atoms with Gasteiger partial charge in [-0.3, -0.25) is 9.59 Å². The number of hydrogen-bond acceptors (Lipinski definition) is 5. The molecule has 144 valence electrons. The summed E-state index contributed by atoms with van der Waals surface area (Å²) in [4.78, 5) is 29.8. The van der Waals surface area contributed by atoms with Crippen molar-refractivity contribution in [3.63, 3.8) is 0 Å². The van der Waals surface area contributed by atoms with Crippen LogP contribution in [0.4, 0.5) is 4.39 Å². The van der Waals surface area contributed by atoms with Gasteiger partial charge in [0.25, 0.3) is 5.91 Å². The number of benzene rings is 1. The number of amides is 1. The Hall–Kier alpha value is -2.84. The van der Waals surface area contributed by atoms with E-state index in [1.807, 2.05) is 6.92 Å². The second-order valence-electron chi connectivity index (χ2n) is 6.65. The number of aryl methyl sites for hydroxylation is 2. The molecule has 2 aromatic heterocycles. The summed E-state index contributed by atoms with van der Waals surface area (Å²) in [7, 11) is 0. The van der Waals surface area contributed by atoms with Gasteiger partial charge in [0.15, 0.2) is 5.69 Å². The summed E-state index contributed by atoms with van der Waals surface area (Å²) in [6.07, 6.45) is 0. The Morgan fingerprint density at radius 3 is 2.71 bits per heavy atom. The second kappa shape index (κ2) is 6.96. The normalized spacial score (nSPS) is 14.1. The van der Waals surface area contributed by atoms with E-state index in [1.54, 1.807) is 13.0 Å². The molecule has 9 heteroatoms. The van der Waals surface area contributed by atoms with Gasteiger partial charge in [-0.05, 0) is 43.7 Å². The number of nitrogens with one attached hydrogen (secondary N) is 1. The lowest BCUT2D eigenvalue weighted by Crippen LogP contribution is -2.49. The monoisotopic (exact) mass is 402 g/mol. The first kappa shape index (κ1) is 18.5. The minimum Gasteiger partial charge on any atom is -0.377 e. The van der Waals surface area contributed by atoms with Crippen LogP contribution in [0.1, 0.15) is 21.7 Å². The molecule has 1 aliphatic heterocycles. The molecule has 0 unspecified atom stereocenters. The van der Waals surface area contributed by atoms with E-state index >= 15 is 0 Å². The molecule has 1 N–H and O–H groups in total. The summed E-state index contributed by atoms with van der Waals surface area (Å²) >= 11 is 5.85. The molecule has 1 fully saturated rings. The van der Waals surface area contributed by atoms with Crippen molar-refractivity contribution in [1.82, 2.24) is 20.1 Å². The van der Waals surface area contributed by atoms with Crippen molar-refractivity contribution in [2.24, 2.45) is 0 Å². The zero-order valence-electron chi connectivity index (χ0n) is 15.1. The van der Waals surface area contributed by atoms with Crippen LogP contribution in [-0.4, -0.2) is 39.9 Å². The average Bonchev–Trinajstić information content (AvgIpc) is 2.61. The van der Waals surface area contributed by atoms with Crippen molar-refractivity contribution in [2.75, 3.05) is 13.2 Å². The Balaban J connectivity index is 1.98. The van der Waals surface area contributed by atoms with Crippen molar-refractivity contribution < 1.29 is 13.9 Å². The largest absolute Gasteiger partial charge is 0.377 e. The minimum absolute atomic E-state index is 0.0439. The number of pyridine rings is 1. The van der Waals surface area contributed by atoms with Crippen LogP contribution < -0.4 is 10.7 Å². The van der Waals surface area contributed by atoms with Gasteiger partial charge < -0.3 is 10.1 Å². The van der Waals surface area contributed by atoms with Crippen molar-refractivity contribution in [3.05, 3.63) is 62.3 Å². The first-order valence-electron chi connectivity index (χ1n) is 8.60. The molecule has 4 rings (SSSR count). The third kappa shape index (κ3) is 3.14. The summed E-state index contributed by atoms with van der Waals surface area (Å²) in [5, 5.41) is 7.08. The van der Waals surface area contributed by atoms with Gasteiger partial charge in [0.1, 0.15) is 17.0 Å². The van der Waals surface area contributed by atoms with Gasteiger partial charge in [-0.15, -0.1) is 0 Å². The van der Waals surface area contributed by atoms with Crippen LogP contribution in [0.25, 0.3) is 16.7 Å². The van der Waals surface area contributed by atoms with Crippen LogP contribution in [0, 0.1) is 19.7 Å². The predicted octanol–water partition coefficient (Wildman–Crippen LogP) is 2.32. The third-order valence-corrected chi connectivity index (χ3v) is 4.87. The molecule has 28 heavy (non-hydrogen) atoms. The first-order valence-corrected chi connectivity index (χ1v) is 8.98. The van der Waals surface area contributed by atoms with Gasteiger partial charge >= 0.3 is 0 Å². The van der Waals surface area contributed by atoms with E-state index < -0.39 is 17.2 Å². The van der Waals surface area contributed by atoms with E-state index in [1.165, 1.54) is 16.8 Å². The van der Waals surface area contributed by atoms with Crippen molar-refractivity contribution in [3.8, 4) is 5.69 Å². The molecule has 3 heterocycles. The highest BCUT2D eigenvalue weighted by atomic mass is 35.5. The minimum atomic E-state index is -0.650. The number of carbonyl (C=O) groups is 1.